The summed E-state index contributed by atoms with van der Waals surface area (Å²) in [6, 6.07) is 3.78. The monoisotopic (exact) mass is 203 g/mol. The summed E-state index contributed by atoms with van der Waals surface area (Å²) in [6.07, 6.45) is 3.38. The summed E-state index contributed by atoms with van der Waals surface area (Å²) < 4.78 is 5.20. The lowest BCUT2D eigenvalue weighted by Gasteiger charge is -2.05. The summed E-state index contributed by atoms with van der Waals surface area (Å²) in [5.74, 6) is 1.66. The van der Waals surface area contributed by atoms with Crippen molar-refractivity contribution in [1.29, 1.82) is 0 Å². The lowest BCUT2D eigenvalue weighted by Crippen LogP contribution is -2.03. The Kier molecular flexibility index (Phi) is 2.67. The van der Waals surface area contributed by atoms with E-state index in [2.05, 4.69) is 15.3 Å². The molecule has 0 spiro atoms. The van der Waals surface area contributed by atoms with E-state index in [9.17, 15) is 0 Å². The van der Waals surface area contributed by atoms with Gasteiger partial charge in [0, 0.05) is 0 Å². The molecule has 0 saturated carbocycles. The molecule has 0 amide bonds. The second-order valence-electron chi connectivity index (χ2n) is 3.36. The third kappa shape index (κ3) is 2.34. The van der Waals surface area contributed by atoms with Crippen LogP contribution in [0.1, 0.15) is 17.1 Å². The molecule has 2 aromatic rings. The van der Waals surface area contributed by atoms with E-state index in [0.29, 0.717) is 6.54 Å². The number of aryl methyl sites for hydroxylation is 2. The second kappa shape index (κ2) is 4.13. The van der Waals surface area contributed by atoms with Crippen molar-refractivity contribution in [2.45, 2.75) is 20.4 Å². The largest absolute Gasteiger partial charge is 0.467 e. The standard InChI is InChI=1S/C11H13N3O/c1-8-9(2)14-11(7-12-8)13-6-10-4-3-5-15-10/h3-5,7H,6H2,1-2H3,(H,13,14). The van der Waals surface area contributed by atoms with Crippen molar-refractivity contribution in [3.63, 3.8) is 0 Å². The average molecular weight is 203 g/mol. The van der Waals surface area contributed by atoms with Crippen molar-refractivity contribution in [1.82, 2.24) is 9.97 Å². The number of hydrogen-bond donors (Lipinski definition) is 1. The highest BCUT2D eigenvalue weighted by Gasteiger charge is 2.00. The minimum absolute atomic E-state index is 0.629. The molecule has 0 aliphatic rings. The molecule has 0 aliphatic carbocycles. The number of aromatic nitrogens is 2. The van der Waals surface area contributed by atoms with E-state index in [1.165, 1.54) is 0 Å². The van der Waals surface area contributed by atoms with Crippen LogP contribution in [0.5, 0.6) is 0 Å². The number of hydrogen-bond acceptors (Lipinski definition) is 4. The Morgan fingerprint density at radius 1 is 1.33 bits per heavy atom. The van der Waals surface area contributed by atoms with E-state index in [4.69, 9.17) is 4.42 Å². The van der Waals surface area contributed by atoms with Crippen molar-refractivity contribution in [2.24, 2.45) is 0 Å². The van der Waals surface area contributed by atoms with Gasteiger partial charge >= 0.3 is 0 Å². The molecule has 78 valence electrons. The van der Waals surface area contributed by atoms with Gasteiger partial charge in [-0.1, -0.05) is 0 Å². The molecule has 0 unspecified atom stereocenters. The quantitative estimate of drug-likeness (QED) is 0.831. The fourth-order valence-corrected chi connectivity index (χ4v) is 1.22. The molecular weight excluding hydrogens is 190 g/mol. The van der Waals surface area contributed by atoms with Gasteiger partial charge in [-0.2, -0.15) is 0 Å². The third-order valence-corrected chi connectivity index (χ3v) is 2.22. The van der Waals surface area contributed by atoms with Crippen molar-refractivity contribution >= 4 is 5.82 Å². The molecular formula is C11H13N3O. The van der Waals surface area contributed by atoms with Crippen LogP contribution in [0.4, 0.5) is 5.82 Å². The van der Waals surface area contributed by atoms with Gasteiger partial charge in [-0.25, -0.2) is 4.98 Å². The summed E-state index contributed by atoms with van der Waals surface area (Å²) >= 11 is 0. The SMILES string of the molecule is Cc1ncc(NCc2ccco2)nc1C. The molecule has 4 heteroatoms. The van der Waals surface area contributed by atoms with E-state index in [-0.39, 0.29) is 0 Å². The zero-order valence-electron chi connectivity index (χ0n) is 8.82. The summed E-state index contributed by atoms with van der Waals surface area (Å²) in [5, 5.41) is 3.15. The third-order valence-electron chi connectivity index (χ3n) is 2.22. The first-order valence-electron chi connectivity index (χ1n) is 4.82. The number of nitrogens with one attached hydrogen (secondary N) is 1. The van der Waals surface area contributed by atoms with Crippen LogP contribution in [0.25, 0.3) is 0 Å². The highest BCUT2D eigenvalue weighted by molar-refractivity contribution is 5.33. The fraction of sp³-hybridized carbons (Fsp3) is 0.273. The van der Waals surface area contributed by atoms with E-state index in [1.807, 2.05) is 26.0 Å². The molecule has 0 bridgehead atoms. The maximum Gasteiger partial charge on any atom is 0.145 e. The Hall–Kier alpha value is -1.84. The molecule has 0 saturated heterocycles. The van der Waals surface area contributed by atoms with Gasteiger partial charge in [-0.05, 0) is 26.0 Å². The van der Waals surface area contributed by atoms with Crippen LogP contribution >= 0.6 is 0 Å². The van der Waals surface area contributed by atoms with Crippen LogP contribution < -0.4 is 5.32 Å². The van der Waals surface area contributed by atoms with Gasteiger partial charge in [0.15, 0.2) is 0 Å². The average Bonchev–Trinajstić information content (AvgIpc) is 2.73. The molecule has 2 aromatic heterocycles. The molecule has 1 N–H and O–H groups in total. The minimum Gasteiger partial charge on any atom is -0.467 e. The van der Waals surface area contributed by atoms with Gasteiger partial charge in [0.2, 0.25) is 0 Å². The van der Waals surface area contributed by atoms with Crippen molar-refractivity contribution in [3.8, 4) is 0 Å². The van der Waals surface area contributed by atoms with E-state index >= 15 is 0 Å². The number of rotatable bonds is 3. The van der Waals surface area contributed by atoms with Crippen LogP contribution in [0.2, 0.25) is 0 Å². The van der Waals surface area contributed by atoms with Crippen molar-refractivity contribution < 1.29 is 4.42 Å². The first-order valence-corrected chi connectivity index (χ1v) is 4.82. The normalized spacial score (nSPS) is 10.3. The Morgan fingerprint density at radius 2 is 2.20 bits per heavy atom. The zero-order chi connectivity index (χ0) is 10.7. The molecule has 0 radical (unpaired) electrons. The van der Waals surface area contributed by atoms with Crippen LogP contribution in [0, 0.1) is 13.8 Å². The van der Waals surface area contributed by atoms with Gasteiger partial charge in [0.1, 0.15) is 11.6 Å². The molecule has 2 rings (SSSR count). The lowest BCUT2D eigenvalue weighted by atomic mass is 10.3. The maximum atomic E-state index is 5.20. The molecule has 0 aliphatic heterocycles. The number of nitrogens with zero attached hydrogens (tertiary/aromatic N) is 2. The maximum absolute atomic E-state index is 5.20. The Bertz CT molecular complexity index is 437. The van der Waals surface area contributed by atoms with Crippen molar-refractivity contribution in [3.05, 3.63) is 41.7 Å². The van der Waals surface area contributed by atoms with Crippen LogP contribution in [0.3, 0.4) is 0 Å². The smallest absolute Gasteiger partial charge is 0.145 e. The summed E-state index contributed by atoms with van der Waals surface area (Å²) in [5.41, 5.74) is 1.90. The van der Waals surface area contributed by atoms with Gasteiger partial charge in [0.05, 0.1) is 30.4 Å². The molecule has 4 nitrogen and oxygen atoms in total. The lowest BCUT2D eigenvalue weighted by molar-refractivity contribution is 0.517. The number of furan rings is 1. The Labute approximate surface area is 88.4 Å². The molecule has 2 heterocycles. The van der Waals surface area contributed by atoms with Gasteiger partial charge < -0.3 is 9.73 Å². The first kappa shape index (κ1) is 9.71. The minimum atomic E-state index is 0.629. The predicted molar refractivity (Wildman–Crippen MR) is 57.5 cm³/mol. The van der Waals surface area contributed by atoms with E-state index in [1.54, 1.807) is 12.5 Å². The van der Waals surface area contributed by atoms with Gasteiger partial charge in [-0.3, -0.25) is 4.98 Å². The van der Waals surface area contributed by atoms with Crippen LogP contribution in [0.15, 0.2) is 29.0 Å². The van der Waals surface area contributed by atoms with Crippen LogP contribution in [-0.4, -0.2) is 9.97 Å². The highest BCUT2D eigenvalue weighted by Crippen LogP contribution is 2.08. The molecule has 15 heavy (non-hydrogen) atoms. The second-order valence-corrected chi connectivity index (χ2v) is 3.36. The van der Waals surface area contributed by atoms with E-state index < -0.39 is 0 Å². The molecule has 0 atom stereocenters. The molecule has 0 aromatic carbocycles. The van der Waals surface area contributed by atoms with Gasteiger partial charge in [0.25, 0.3) is 0 Å². The fourth-order valence-electron chi connectivity index (χ4n) is 1.22. The summed E-state index contributed by atoms with van der Waals surface area (Å²) in [4.78, 5) is 8.58. The summed E-state index contributed by atoms with van der Waals surface area (Å²) in [6.45, 7) is 4.52. The Balaban J connectivity index is 2.02. The zero-order valence-corrected chi connectivity index (χ0v) is 8.82. The van der Waals surface area contributed by atoms with Crippen LogP contribution in [-0.2, 0) is 6.54 Å². The van der Waals surface area contributed by atoms with E-state index in [0.717, 1.165) is 23.0 Å². The first-order chi connectivity index (χ1) is 7.25. The topological polar surface area (TPSA) is 51.0 Å². The summed E-state index contributed by atoms with van der Waals surface area (Å²) in [7, 11) is 0. The predicted octanol–water partition coefficient (Wildman–Crippen LogP) is 2.30. The molecule has 0 fully saturated rings. The Morgan fingerprint density at radius 3 is 2.87 bits per heavy atom. The highest BCUT2D eigenvalue weighted by atomic mass is 16.3. The van der Waals surface area contributed by atoms with Gasteiger partial charge in [-0.15, -0.1) is 0 Å². The van der Waals surface area contributed by atoms with Crippen molar-refractivity contribution in [2.75, 3.05) is 5.32 Å². The number of anilines is 1.